The minimum Gasteiger partial charge on any atom is -0.462 e. The number of rotatable bonds is 4. The molecule has 2 N–H and O–H groups in total. The summed E-state index contributed by atoms with van der Waals surface area (Å²) in [6.45, 7) is 5.96. The zero-order chi connectivity index (χ0) is 13.8. The quantitative estimate of drug-likeness (QED) is 0.829. The standard InChI is InChI=1S/C14H17N3O2/c1-9(2)12-8-13(17-16-12)15-14(18)7-6-11-5-4-10(3)19-11/h4-9H,1-3H3,(H2,15,16,17,18)/b7-6+. The highest BCUT2D eigenvalue weighted by atomic mass is 16.3. The van der Waals surface area contributed by atoms with Crippen molar-refractivity contribution in [1.82, 2.24) is 10.2 Å². The monoisotopic (exact) mass is 259 g/mol. The molecule has 19 heavy (non-hydrogen) atoms. The van der Waals surface area contributed by atoms with E-state index in [0.29, 0.717) is 17.5 Å². The highest BCUT2D eigenvalue weighted by Gasteiger charge is 2.06. The number of aryl methyl sites for hydroxylation is 1. The van der Waals surface area contributed by atoms with Crippen molar-refractivity contribution in [3.05, 3.63) is 41.5 Å². The molecular formula is C14H17N3O2. The van der Waals surface area contributed by atoms with E-state index < -0.39 is 0 Å². The highest BCUT2D eigenvalue weighted by molar-refractivity contribution is 6.01. The van der Waals surface area contributed by atoms with Crippen LogP contribution in [0.3, 0.4) is 0 Å². The number of hydrogen-bond acceptors (Lipinski definition) is 3. The van der Waals surface area contributed by atoms with Gasteiger partial charge in [0.2, 0.25) is 5.91 Å². The van der Waals surface area contributed by atoms with Crippen molar-refractivity contribution in [2.24, 2.45) is 0 Å². The molecule has 0 saturated heterocycles. The van der Waals surface area contributed by atoms with Gasteiger partial charge in [-0.15, -0.1) is 0 Å². The summed E-state index contributed by atoms with van der Waals surface area (Å²) in [4.78, 5) is 11.7. The average Bonchev–Trinajstić information content (AvgIpc) is 2.96. The van der Waals surface area contributed by atoms with Crippen molar-refractivity contribution in [2.45, 2.75) is 26.7 Å². The smallest absolute Gasteiger partial charge is 0.249 e. The van der Waals surface area contributed by atoms with Crippen LogP contribution in [0, 0.1) is 6.92 Å². The lowest BCUT2D eigenvalue weighted by molar-refractivity contribution is -0.111. The van der Waals surface area contributed by atoms with Gasteiger partial charge in [0, 0.05) is 17.8 Å². The summed E-state index contributed by atoms with van der Waals surface area (Å²) in [7, 11) is 0. The highest BCUT2D eigenvalue weighted by Crippen LogP contribution is 2.14. The summed E-state index contributed by atoms with van der Waals surface area (Å²) >= 11 is 0. The van der Waals surface area contributed by atoms with Crippen LogP contribution in [0.2, 0.25) is 0 Å². The van der Waals surface area contributed by atoms with Crippen molar-refractivity contribution >= 4 is 17.8 Å². The molecule has 5 nitrogen and oxygen atoms in total. The maximum Gasteiger partial charge on any atom is 0.249 e. The van der Waals surface area contributed by atoms with E-state index in [1.54, 1.807) is 6.08 Å². The van der Waals surface area contributed by atoms with Crippen LogP contribution >= 0.6 is 0 Å². The molecule has 0 aliphatic heterocycles. The topological polar surface area (TPSA) is 70.9 Å². The van der Waals surface area contributed by atoms with E-state index in [1.807, 2.05) is 25.1 Å². The molecule has 0 aliphatic rings. The molecule has 2 aromatic heterocycles. The number of carbonyl (C=O) groups excluding carboxylic acids is 1. The van der Waals surface area contributed by atoms with Gasteiger partial charge in [-0.05, 0) is 31.1 Å². The number of carbonyl (C=O) groups is 1. The normalized spacial score (nSPS) is 11.4. The SMILES string of the molecule is Cc1ccc(/C=C/C(=O)Nc2cc(C(C)C)[nH]n2)o1. The molecule has 5 heteroatoms. The number of aromatic nitrogens is 2. The van der Waals surface area contributed by atoms with Crippen LogP contribution < -0.4 is 5.32 Å². The first-order valence-electron chi connectivity index (χ1n) is 6.15. The van der Waals surface area contributed by atoms with Crippen LogP contribution in [0.25, 0.3) is 6.08 Å². The predicted molar refractivity (Wildman–Crippen MR) is 73.8 cm³/mol. The van der Waals surface area contributed by atoms with Crippen LogP contribution in [0.15, 0.2) is 28.7 Å². The maximum absolute atomic E-state index is 11.7. The molecule has 0 aromatic carbocycles. The second-order valence-electron chi connectivity index (χ2n) is 4.63. The van der Waals surface area contributed by atoms with Crippen molar-refractivity contribution in [2.75, 3.05) is 5.32 Å². The third-order valence-electron chi connectivity index (χ3n) is 2.63. The van der Waals surface area contributed by atoms with Crippen LogP contribution in [-0.4, -0.2) is 16.1 Å². The summed E-state index contributed by atoms with van der Waals surface area (Å²) in [5.41, 5.74) is 0.987. The molecule has 0 saturated carbocycles. The Kier molecular flexibility index (Phi) is 3.85. The summed E-state index contributed by atoms with van der Waals surface area (Å²) < 4.78 is 5.33. The third kappa shape index (κ3) is 3.58. The Bertz CT molecular complexity index is 593. The Labute approximate surface area is 111 Å². The largest absolute Gasteiger partial charge is 0.462 e. The Balaban J connectivity index is 1.95. The summed E-state index contributed by atoms with van der Waals surface area (Å²) in [5, 5.41) is 9.59. The molecule has 0 bridgehead atoms. The van der Waals surface area contributed by atoms with E-state index in [9.17, 15) is 4.79 Å². The average molecular weight is 259 g/mol. The molecule has 2 heterocycles. The Morgan fingerprint density at radius 3 is 2.84 bits per heavy atom. The molecule has 0 radical (unpaired) electrons. The first kappa shape index (κ1) is 13.1. The Morgan fingerprint density at radius 1 is 1.47 bits per heavy atom. The van der Waals surface area contributed by atoms with Gasteiger partial charge in [0.25, 0.3) is 0 Å². The number of nitrogens with one attached hydrogen (secondary N) is 2. The van der Waals surface area contributed by atoms with Gasteiger partial charge in [0.05, 0.1) is 0 Å². The van der Waals surface area contributed by atoms with E-state index in [1.165, 1.54) is 6.08 Å². The molecule has 0 atom stereocenters. The second-order valence-corrected chi connectivity index (χ2v) is 4.63. The molecule has 2 aromatic rings. The van der Waals surface area contributed by atoms with E-state index >= 15 is 0 Å². The molecule has 0 fully saturated rings. The van der Waals surface area contributed by atoms with Crippen molar-refractivity contribution < 1.29 is 9.21 Å². The number of amides is 1. The number of hydrogen-bond donors (Lipinski definition) is 2. The molecule has 100 valence electrons. The van der Waals surface area contributed by atoms with Crippen LogP contribution in [-0.2, 0) is 4.79 Å². The third-order valence-corrected chi connectivity index (χ3v) is 2.63. The van der Waals surface area contributed by atoms with E-state index in [4.69, 9.17) is 4.42 Å². The lowest BCUT2D eigenvalue weighted by atomic mass is 10.1. The van der Waals surface area contributed by atoms with Gasteiger partial charge >= 0.3 is 0 Å². The fourth-order valence-corrected chi connectivity index (χ4v) is 1.57. The summed E-state index contributed by atoms with van der Waals surface area (Å²) in [6, 6.07) is 5.48. The first-order valence-corrected chi connectivity index (χ1v) is 6.15. The van der Waals surface area contributed by atoms with Crippen LogP contribution in [0.1, 0.15) is 37.0 Å². The lowest BCUT2D eigenvalue weighted by Crippen LogP contribution is -2.07. The van der Waals surface area contributed by atoms with Gasteiger partial charge in [-0.25, -0.2) is 0 Å². The van der Waals surface area contributed by atoms with Gasteiger partial charge in [0.15, 0.2) is 5.82 Å². The van der Waals surface area contributed by atoms with Gasteiger partial charge in [-0.3, -0.25) is 9.89 Å². The van der Waals surface area contributed by atoms with Crippen molar-refractivity contribution in [3.63, 3.8) is 0 Å². The number of furan rings is 1. The van der Waals surface area contributed by atoms with Crippen molar-refractivity contribution in [1.29, 1.82) is 0 Å². The van der Waals surface area contributed by atoms with E-state index in [-0.39, 0.29) is 5.91 Å². The molecular weight excluding hydrogens is 242 g/mol. The Morgan fingerprint density at radius 2 is 2.26 bits per heavy atom. The maximum atomic E-state index is 11.7. The van der Waals surface area contributed by atoms with Gasteiger partial charge in [0.1, 0.15) is 11.5 Å². The number of aromatic amines is 1. The Hall–Kier alpha value is -2.30. The molecule has 2 rings (SSSR count). The van der Waals surface area contributed by atoms with Crippen molar-refractivity contribution in [3.8, 4) is 0 Å². The molecule has 0 aliphatic carbocycles. The van der Waals surface area contributed by atoms with E-state index in [2.05, 4.69) is 29.4 Å². The van der Waals surface area contributed by atoms with Gasteiger partial charge in [-0.1, -0.05) is 13.8 Å². The zero-order valence-electron chi connectivity index (χ0n) is 11.2. The zero-order valence-corrected chi connectivity index (χ0v) is 11.2. The lowest BCUT2D eigenvalue weighted by Gasteiger charge is -1.97. The predicted octanol–water partition coefficient (Wildman–Crippen LogP) is 3.09. The molecule has 0 unspecified atom stereocenters. The molecule has 0 spiro atoms. The number of H-pyrrole nitrogens is 1. The fourth-order valence-electron chi connectivity index (χ4n) is 1.57. The van der Waals surface area contributed by atoms with Gasteiger partial charge < -0.3 is 9.73 Å². The number of anilines is 1. The number of nitrogens with zero attached hydrogens (tertiary/aromatic N) is 1. The molecule has 1 amide bonds. The second kappa shape index (κ2) is 5.56. The van der Waals surface area contributed by atoms with Crippen LogP contribution in [0.5, 0.6) is 0 Å². The van der Waals surface area contributed by atoms with E-state index in [0.717, 1.165) is 11.5 Å². The fraction of sp³-hybridized carbons (Fsp3) is 0.286. The van der Waals surface area contributed by atoms with Gasteiger partial charge in [-0.2, -0.15) is 5.10 Å². The summed E-state index contributed by atoms with van der Waals surface area (Å²) in [6.07, 6.45) is 3.04. The minimum absolute atomic E-state index is 0.240. The van der Waals surface area contributed by atoms with Crippen LogP contribution in [0.4, 0.5) is 5.82 Å². The summed E-state index contributed by atoms with van der Waals surface area (Å²) in [5.74, 6) is 2.09. The minimum atomic E-state index is -0.240. The first-order chi connectivity index (χ1) is 9.04.